The van der Waals surface area contributed by atoms with Gasteiger partial charge >= 0.3 is 8.25 Å². The summed E-state index contributed by atoms with van der Waals surface area (Å²) >= 11 is 0. The Hall–Kier alpha value is -1.74. The van der Waals surface area contributed by atoms with Gasteiger partial charge in [-0.3, -0.25) is 4.57 Å². The largest absolute Gasteiger partial charge is 0.697 e. The zero-order chi connectivity index (χ0) is 15.5. The predicted octanol–water partition coefficient (Wildman–Crippen LogP) is 1.11. The minimum absolute atomic E-state index is 0.000364. The molecule has 0 aromatic carbocycles. The first-order valence-corrected chi connectivity index (χ1v) is 7.63. The van der Waals surface area contributed by atoms with Crippen molar-refractivity contribution in [2.75, 3.05) is 12.3 Å². The van der Waals surface area contributed by atoms with Gasteiger partial charge in [-0.15, -0.1) is 9.05 Å². The Bertz CT molecular complexity index is 768. The number of aromatic nitrogens is 4. The lowest BCUT2D eigenvalue weighted by Gasteiger charge is -2.24. The van der Waals surface area contributed by atoms with Gasteiger partial charge in [0.15, 0.2) is 23.6 Å². The van der Waals surface area contributed by atoms with Gasteiger partial charge in [0.25, 0.3) is 0 Å². The molecule has 2 N–H and O–H groups in total. The molecule has 2 aliphatic heterocycles. The highest BCUT2D eigenvalue weighted by atomic mass is 31.1. The molecule has 22 heavy (non-hydrogen) atoms. The summed E-state index contributed by atoms with van der Waals surface area (Å²) in [4.78, 5) is 12.0. The molecule has 116 valence electrons. The van der Waals surface area contributed by atoms with Gasteiger partial charge in [0.05, 0.1) is 12.5 Å². The number of rotatable bonds is 1. The summed E-state index contributed by atoms with van der Waals surface area (Å²) < 4.78 is 43.7. The smallest absolute Gasteiger partial charge is 0.368 e. The van der Waals surface area contributed by atoms with Crippen LogP contribution >= 0.6 is 8.25 Å². The summed E-state index contributed by atoms with van der Waals surface area (Å²) in [6, 6.07) is 0. The van der Waals surface area contributed by atoms with Gasteiger partial charge < -0.3 is 10.5 Å². The van der Waals surface area contributed by atoms with Crippen LogP contribution in [0, 0.1) is 0 Å². The molecule has 2 aliphatic rings. The SMILES string of the molecule is C[C@@]1(F)[C@@H]2O[P+](=O)OC[C@H]2O[C@H]1n1cnc2cnc(N)nc21. The normalized spacial score (nSPS) is 36.6. The molecule has 0 spiro atoms. The highest BCUT2D eigenvalue weighted by Crippen LogP contribution is 2.50. The van der Waals surface area contributed by atoms with Crippen molar-refractivity contribution in [2.45, 2.75) is 31.0 Å². The van der Waals surface area contributed by atoms with Crippen molar-refractivity contribution < 1.29 is 22.7 Å². The van der Waals surface area contributed by atoms with E-state index in [4.69, 9.17) is 19.5 Å². The lowest BCUT2D eigenvalue weighted by atomic mass is 9.98. The molecule has 5 atom stereocenters. The fourth-order valence-electron chi connectivity index (χ4n) is 2.78. The zero-order valence-corrected chi connectivity index (χ0v) is 12.3. The van der Waals surface area contributed by atoms with Crippen LogP contribution in [-0.2, 0) is 18.3 Å². The molecule has 1 unspecified atom stereocenters. The zero-order valence-electron chi connectivity index (χ0n) is 11.4. The van der Waals surface area contributed by atoms with Gasteiger partial charge in [0, 0.05) is 4.57 Å². The summed E-state index contributed by atoms with van der Waals surface area (Å²) in [5.74, 6) is 0.0490. The summed E-state index contributed by atoms with van der Waals surface area (Å²) in [6.07, 6.45) is 0.143. The van der Waals surface area contributed by atoms with Crippen LogP contribution in [0.5, 0.6) is 0 Å². The van der Waals surface area contributed by atoms with Crippen LogP contribution in [0.25, 0.3) is 11.2 Å². The fourth-order valence-corrected chi connectivity index (χ4v) is 3.63. The van der Waals surface area contributed by atoms with Crippen molar-refractivity contribution >= 4 is 25.4 Å². The predicted molar refractivity (Wildman–Crippen MR) is 71.6 cm³/mol. The van der Waals surface area contributed by atoms with Crippen molar-refractivity contribution in [3.63, 3.8) is 0 Å². The van der Waals surface area contributed by atoms with E-state index < -0.39 is 32.4 Å². The highest BCUT2D eigenvalue weighted by Gasteiger charge is 2.63. The van der Waals surface area contributed by atoms with Crippen LogP contribution < -0.4 is 5.73 Å². The Morgan fingerprint density at radius 2 is 2.36 bits per heavy atom. The summed E-state index contributed by atoms with van der Waals surface area (Å²) in [5, 5.41) is 0. The Morgan fingerprint density at radius 1 is 1.55 bits per heavy atom. The Kier molecular flexibility index (Phi) is 2.92. The van der Waals surface area contributed by atoms with Crippen LogP contribution in [0.15, 0.2) is 12.5 Å². The topological polar surface area (TPSA) is 114 Å². The van der Waals surface area contributed by atoms with Crippen molar-refractivity contribution in [1.82, 2.24) is 19.5 Å². The second kappa shape index (κ2) is 4.63. The molecule has 0 bridgehead atoms. The number of nitrogen functional groups attached to an aromatic ring is 1. The molecule has 2 fully saturated rings. The Balaban J connectivity index is 1.78. The average molecular weight is 328 g/mol. The van der Waals surface area contributed by atoms with E-state index in [0.717, 1.165) is 0 Å². The number of hydrogen-bond acceptors (Lipinski definition) is 8. The lowest BCUT2D eigenvalue weighted by Crippen LogP contribution is -2.43. The molecule has 0 aliphatic carbocycles. The van der Waals surface area contributed by atoms with E-state index >= 15 is 4.39 Å². The van der Waals surface area contributed by atoms with Crippen molar-refractivity contribution in [3.05, 3.63) is 12.5 Å². The third-order valence-corrected chi connectivity index (χ3v) is 4.57. The summed E-state index contributed by atoms with van der Waals surface area (Å²) in [7, 11) is -2.34. The first kappa shape index (κ1) is 13.9. The number of alkyl halides is 1. The van der Waals surface area contributed by atoms with Gasteiger partial charge in [-0.2, -0.15) is 4.98 Å². The van der Waals surface area contributed by atoms with E-state index in [2.05, 4.69) is 15.0 Å². The number of fused-ring (bicyclic) bond motifs is 2. The number of imidazole rings is 1. The van der Waals surface area contributed by atoms with E-state index in [1.807, 2.05) is 0 Å². The van der Waals surface area contributed by atoms with Gasteiger partial charge in [-0.25, -0.2) is 14.4 Å². The van der Waals surface area contributed by atoms with E-state index in [1.54, 1.807) is 0 Å². The van der Waals surface area contributed by atoms with E-state index in [1.165, 1.54) is 24.0 Å². The molecule has 2 saturated heterocycles. The quantitative estimate of drug-likeness (QED) is 0.774. The minimum Gasteiger partial charge on any atom is -0.368 e. The van der Waals surface area contributed by atoms with Gasteiger partial charge in [-0.05, 0) is 6.92 Å². The maximum Gasteiger partial charge on any atom is 0.697 e. The molecule has 4 rings (SSSR count). The third-order valence-electron chi connectivity index (χ3n) is 3.81. The molecule has 11 heteroatoms. The summed E-state index contributed by atoms with van der Waals surface area (Å²) in [5.41, 5.74) is 4.45. The molecular weight excluding hydrogens is 316 g/mol. The van der Waals surface area contributed by atoms with Crippen LogP contribution in [-0.4, -0.2) is 44.0 Å². The maximum atomic E-state index is 15.2. The first-order chi connectivity index (χ1) is 10.5. The minimum atomic E-state index is -2.34. The second-order valence-electron chi connectivity index (χ2n) is 5.31. The van der Waals surface area contributed by atoms with Crippen molar-refractivity contribution in [2.24, 2.45) is 0 Å². The number of nitrogens with two attached hydrogens (primary N) is 1. The molecule has 0 radical (unpaired) electrons. The molecular formula is C11H12FN5O4P+. The van der Waals surface area contributed by atoms with Crippen LogP contribution in [0.4, 0.5) is 10.3 Å². The highest BCUT2D eigenvalue weighted by molar-refractivity contribution is 7.33. The fraction of sp³-hybridized carbons (Fsp3) is 0.545. The molecule has 4 heterocycles. The monoisotopic (exact) mass is 328 g/mol. The maximum absolute atomic E-state index is 15.2. The second-order valence-corrected chi connectivity index (χ2v) is 6.23. The lowest BCUT2D eigenvalue weighted by molar-refractivity contribution is -0.0576. The standard InChI is InChI=1S/C11H12FN5O4P/c1-11(12)7-6(3-19-22(18)21-7)20-9(11)17-4-15-5-2-14-10(13)16-8(5)17/h2,4,6-7,9H,3H2,1H3,(H2,13,14,16)/q+1/t6-,7-,9-,11-/m1/s1. The third kappa shape index (κ3) is 1.92. The number of halogens is 1. The molecule has 9 nitrogen and oxygen atoms in total. The average Bonchev–Trinajstić information content (AvgIpc) is 2.98. The van der Waals surface area contributed by atoms with E-state index in [9.17, 15) is 4.57 Å². The molecule has 0 amide bonds. The Labute approximate surface area is 124 Å². The van der Waals surface area contributed by atoms with Gasteiger partial charge in [0.2, 0.25) is 5.95 Å². The number of hydrogen-bond donors (Lipinski definition) is 1. The number of anilines is 1. The van der Waals surface area contributed by atoms with Crippen LogP contribution in [0.3, 0.4) is 0 Å². The molecule has 2 aromatic rings. The molecule has 0 saturated carbocycles. The number of nitrogens with zero attached hydrogens (tertiary/aromatic N) is 4. The van der Waals surface area contributed by atoms with E-state index in [0.29, 0.717) is 11.2 Å². The summed E-state index contributed by atoms with van der Waals surface area (Å²) in [6.45, 7) is 1.33. The van der Waals surface area contributed by atoms with Crippen molar-refractivity contribution in [1.29, 1.82) is 0 Å². The Morgan fingerprint density at radius 3 is 3.18 bits per heavy atom. The number of ether oxygens (including phenoxy) is 1. The van der Waals surface area contributed by atoms with Crippen molar-refractivity contribution in [3.8, 4) is 0 Å². The van der Waals surface area contributed by atoms with Gasteiger partial charge in [0.1, 0.15) is 18.2 Å². The first-order valence-electron chi connectivity index (χ1n) is 6.53. The van der Waals surface area contributed by atoms with Crippen LogP contribution in [0.2, 0.25) is 0 Å². The van der Waals surface area contributed by atoms with Gasteiger partial charge in [-0.1, -0.05) is 0 Å². The van der Waals surface area contributed by atoms with E-state index in [-0.39, 0.29) is 12.6 Å². The van der Waals surface area contributed by atoms with Crippen LogP contribution in [0.1, 0.15) is 13.2 Å². The molecule has 2 aromatic heterocycles.